The number of amides is 2. The summed E-state index contributed by atoms with van der Waals surface area (Å²) >= 11 is 0. The molecule has 12 heteroatoms. The molecule has 1 aromatic carbocycles. The first-order chi connectivity index (χ1) is 12.5. The number of benzene rings is 1. The van der Waals surface area contributed by atoms with Gasteiger partial charge in [-0.2, -0.15) is 18.0 Å². The smallest absolute Gasteiger partial charge is 0.435 e. The first-order valence-corrected chi connectivity index (χ1v) is 9.67. The van der Waals surface area contributed by atoms with Crippen molar-refractivity contribution >= 4 is 28.0 Å². The molecule has 0 radical (unpaired) electrons. The van der Waals surface area contributed by atoms with E-state index in [-0.39, 0.29) is 25.3 Å². The molecule has 1 fully saturated rings. The maximum absolute atomic E-state index is 12.5. The van der Waals surface area contributed by atoms with Crippen LogP contribution >= 0.6 is 0 Å². The van der Waals surface area contributed by atoms with E-state index in [2.05, 4.69) is 0 Å². The highest BCUT2D eigenvalue weighted by molar-refractivity contribution is 7.86. The minimum Gasteiger partial charge on any atom is -0.435 e. The lowest BCUT2D eigenvalue weighted by Gasteiger charge is -2.27. The summed E-state index contributed by atoms with van der Waals surface area (Å²) in [6, 6.07) is 4.48. The van der Waals surface area contributed by atoms with Crippen LogP contribution in [0, 0.1) is 10.1 Å². The van der Waals surface area contributed by atoms with Crippen molar-refractivity contribution in [1.29, 1.82) is 0 Å². The summed E-state index contributed by atoms with van der Waals surface area (Å²) in [5.74, 6) is 0. The van der Waals surface area contributed by atoms with Crippen LogP contribution in [-0.4, -0.2) is 60.1 Å². The molecule has 1 saturated heterocycles. The van der Waals surface area contributed by atoms with Gasteiger partial charge in [-0.15, -0.1) is 4.48 Å². The number of rotatable bonds is 5. The molecule has 0 unspecified atom stereocenters. The van der Waals surface area contributed by atoms with E-state index in [1.165, 1.54) is 31.2 Å². The van der Waals surface area contributed by atoms with E-state index < -0.39 is 43.9 Å². The fourth-order valence-corrected chi connectivity index (χ4v) is 3.66. The summed E-state index contributed by atoms with van der Waals surface area (Å²) in [7, 11) is -3.81. The summed E-state index contributed by atoms with van der Waals surface area (Å²) in [5.41, 5.74) is 0.307. The Balaban J connectivity index is 2.13. The summed E-state index contributed by atoms with van der Waals surface area (Å²) in [6.45, 7) is 0.823. The first kappa shape index (κ1) is 20.7. The van der Waals surface area contributed by atoms with Gasteiger partial charge in [-0.3, -0.25) is 14.3 Å². The van der Waals surface area contributed by atoms with Crippen LogP contribution in [0.3, 0.4) is 0 Å². The Bertz CT molecular complexity index is 853. The number of quaternary nitrogens is 1. The average Bonchev–Trinajstić information content (AvgIpc) is 2.88. The van der Waals surface area contributed by atoms with E-state index in [0.717, 1.165) is 6.26 Å². The number of ether oxygens (including phenoxy) is 1. The molecule has 1 aliphatic heterocycles. The maximum Gasteiger partial charge on any atom is 0.527 e. The van der Waals surface area contributed by atoms with E-state index in [1.807, 2.05) is 0 Å². The fourth-order valence-electron chi connectivity index (χ4n) is 3.03. The van der Waals surface area contributed by atoms with Gasteiger partial charge in [-0.25, -0.2) is 0 Å². The van der Waals surface area contributed by atoms with Crippen LogP contribution in [0.4, 0.5) is 15.3 Å². The zero-order valence-corrected chi connectivity index (χ0v) is 15.4. The maximum atomic E-state index is 12.5. The SMILES string of the molecule is C[C@@H]1C[C@H](OS(C)(=O)=O)C[N@+]1(C(=O)O)C(=O)OCc1ccc([N+](=O)[O-])cc1. The highest BCUT2D eigenvalue weighted by Crippen LogP contribution is 2.31. The van der Waals surface area contributed by atoms with Crippen LogP contribution in [0.15, 0.2) is 24.3 Å². The molecule has 27 heavy (non-hydrogen) atoms. The number of hydrogen-bond acceptors (Lipinski definition) is 8. The molecule has 1 heterocycles. The first-order valence-electron chi connectivity index (χ1n) is 7.86. The Morgan fingerprint density at radius 1 is 1.33 bits per heavy atom. The molecule has 3 atom stereocenters. The molecule has 0 bridgehead atoms. The molecule has 2 amide bonds. The second-order valence-corrected chi connectivity index (χ2v) is 7.92. The number of hydrogen-bond donors (Lipinski definition) is 1. The van der Waals surface area contributed by atoms with Crippen LogP contribution in [-0.2, 0) is 25.6 Å². The predicted octanol–water partition coefficient (Wildman–Crippen LogP) is 1.86. The lowest BCUT2D eigenvalue weighted by Crippen LogP contribution is -2.59. The lowest BCUT2D eigenvalue weighted by molar-refractivity contribution is -0.797. The van der Waals surface area contributed by atoms with E-state index in [0.29, 0.717) is 5.56 Å². The standard InChI is InChI=1S/C15H18N2O9S/c1-10-7-13(26-27(2,23)24)8-17(10,14(18)19)15(20)25-9-11-3-5-12(6-4-11)16(21)22/h3-6,10,13H,7-9H2,1-2H3/p+1/t10-,13+,17+/m1/s1. The molecule has 2 rings (SSSR count). The Hall–Kier alpha value is -2.57. The van der Waals surface area contributed by atoms with Gasteiger partial charge in [0.1, 0.15) is 25.3 Å². The van der Waals surface area contributed by atoms with Crippen molar-refractivity contribution in [3.05, 3.63) is 39.9 Å². The van der Waals surface area contributed by atoms with Crippen molar-refractivity contribution in [3.63, 3.8) is 0 Å². The number of likely N-dealkylation sites (tertiary alicyclic amines) is 1. The lowest BCUT2D eigenvalue weighted by atomic mass is 10.2. The molecule has 0 saturated carbocycles. The molecular formula is C15H19N2O9S+. The fraction of sp³-hybridized carbons (Fsp3) is 0.467. The highest BCUT2D eigenvalue weighted by Gasteiger charge is 2.59. The molecule has 1 N–H and O–H groups in total. The van der Waals surface area contributed by atoms with E-state index in [9.17, 15) is 33.2 Å². The average molecular weight is 403 g/mol. The molecule has 148 valence electrons. The monoisotopic (exact) mass is 403 g/mol. The number of carboxylic acid groups (broad SMARTS) is 1. The van der Waals surface area contributed by atoms with E-state index in [1.54, 1.807) is 0 Å². The van der Waals surface area contributed by atoms with Gasteiger partial charge < -0.3 is 9.84 Å². The van der Waals surface area contributed by atoms with Crippen molar-refractivity contribution in [3.8, 4) is 0 Å². The number of carbonyl (C=O) groups is 2. The van der Waals surface area contributed by atoms with Crippen molar-refractivity contribution in [2.75, 3.05) is 12.8 Å². The minimum absolute atomic E-state index is 0.0476. The molecule has 11 nitrogen and oxygen atoms in total. The molecular weight excluding hydrogens is 384 g/mol. The molecule has 1 aromatic rings. The number of nitrogens with zero attached hydrogens (tertiary/aromatic N) is 2. The van der Waals surface area contributed by atoms with Gasteiger partial charge in [0.2, 0.25) is 0 Å². The molecule has 0 aliphatic carbocycles. The number of nitro groups is 1. The number of nitro benzene ring substituents is 1. The van der Waals surface area contributed by atoms with Gasteiger partial charge in [0.05, 0.1) is 11.2 Å². The summed E-state index contributed by atoms with van der Waals surface area (Å²) in [6.07, 6.45) is -2.61. The second kappa shape index (κ2) is 7.58. The van der Waals surface area contributed by atoms with Crippen LogP contribution < -0.4 is 0 Å². The summed E-state index contributed by atoms with van der Waals surface area (Å²) < 4.78 is 31.4. The van der Waals surface area contributed by atoms with Crippen molar-refractivity contribution in [1.82, 2.24) is 0 Å². The minimum atomic E-state index is -3.81. The van der Waals surface area contributed by atoms with Gasteiger partial charge >= 0.3 is 12.2 Å². The Kier molecular flexibility index (Phi) is 5.82. The van der Waals surface area contributed by atoms with Crippen molar-refractivity contribution < 1.29 is 41.4 Å². The molecule has 1 aliphatic rings. The predicted molar refractivity (Wildman–Crippen MR) is 90.2 cm³/mol. The number of non-ortho nitro benzene ring substituents is 1. The van der Waals surface area contributed by atoms with Gasteiger partial charge in [0.25, 0.3) is 15.8 Å². The Morgan fingerprint density at radius 2 is 1.93 bits per heavy atom. The topological polar surface area (TPSA) is 150 Å². The van der Waals surface area contributed by atoms with Gasteiger partial charge in [-0.05, 0) is 24.6 Å². The largest absolute Gasteiger partial charge is 0.527 e. The van der Waals surface area contributed by atoms with Crippen LogP contribution in [0.5, 0.6) is 0 Å². The van der Waals surface area contributed by atoms with E-state index in [4.69, 9.17) is 8.92 Å². The number of imide groups is 1. The van der Waals surface area contributed by atoms with Gasteiger partial charge in [0, 0.05) is 18.6 Å². The van der Waals surface area contributed by atoms with Crippen molar-refractivity contribution in [2.45, 2.75) is 32.1 Å². The van der Waals surface area contributed by atoms with Gasteiger partial charge in [0.15, 0.2) is 0 Å². The quantitative estimate of drug-likeness (QED) is 0.336. The zero-order chi connectivity index (χ0) is 20.4. The highest BCUT2D eigenvalue weighted by atomic mass is 32.2. The van der Waals surface area contributed by atoms with Crippen LogP contribution in [0.25, 0.3) is 0 Å². The third-order valence-electron chi connectivity index (χ3n) is 4.34. The van der Waals surface area contributed by atoms with Gasteiger partial charge in [-0.1, -0.05) is 0 Å². The Morgan fingerprint density at radius 3 is 2.41 bits per heavy atom. The number of carbonyl (C=O) groups excluding carboxylic acids is 1. The Labute approximate surface area is 155 Å². The summed E-state index contributed by atoms with van der Waals surface area (Å²) in [4.78, 5) is 34.4. The zero-order valence-electron chi connectivity index (χ0n) is 14.6. The summed E-state index contributed by atoms with van der Waals surface area (Å²) in [5, 5.41) is 20.2. The molecule has 0 aromatic heterocycles. The van der Waals surface area contributed by atoms with Crippen molar-refractivity contribution in [2.24, 2.45) is 0 Å². The normalized spacial score (nSPS) is 25.1. The molecule has 0 spiro atoms. The third-order valence-corrected chi connectivity index (χ3v) is 4.96. The third kappa shape index (κ3) is 4.59. The van der Waals surface area contributed by atoms with Crippen LogP contribution in [0.2, 0.25) is 0 Å². The second-order valence-electron chi connectivity index (χ2n) is 6.32. The van der Waals surface area contributed by atoms with Crippen LogP contribution in [0.1, 0.15) is 18.9 Å². The van der Waals surface area contributed by atoms with E-state index >= 15 is 0 Å².